The lowest BCUT2D eigenvalue weighted by atomic mass is 9.65. The fourth-order valence-corrected chi connectivity index (χ4v) is 5.80. The van der Waals surface area contributed by atoms with Crippen molar-refractivity contribution in [1.82, 2.24) is 0 Å². The Hall–Kier alpha value is -2.07. The summed E-state index contributed by atoms with van der Waals surface area (Å²) in [4.78, 5) is 0. The zero-order valence-corrected chi connectivity index (χ0v) is 18.9. The second-order valence-corrected chi connectivity index (χ2v) is 9.39. The van der Waals surface area contributed by atoms with Gasteiger partial charge in [-0.25, -0.2) is 13.2 Å². The molecule has 4 heteroatoms. The van der Waals surface area contributed by atoms with Gasteiger partial charge in [0.2, 0.25) is 0 Å². The van der Waals surface area contributed by atoms with Crippen LogP contribution in [0.1, 0.15) is 68.9 Å². The van der Waals surface area contributed by atoms with Crippen LogP contribution in [-0.2, 0) is 11.2 Å². The van der Waals surface area contributed by atoms with Gasteiger partial charge in [-0.2, -0.15) is 0 Å². The van der Waals surface area contributed by atoms with Crippen LogP contribution < -0.4 is 0 Å². The Kier molecular flexibility index (Phi) is 7.40. The summed E-state index contributed by atoms with van der Waals surface area (Å²) in [5.41, 5.74) is 1.36. The van der Waals surface area contributed by atoms with Gasteiger partial charge in [0, 0.05) is 17.7 Å². The second kappa shape index (κ2) is 10.2. The number of hydrogen-bond acceptors (Lipinski definition) is 1. The first-order chi connectivity index (χ1) is 15.5. The highest BCUT2D eigenvalue weighted by molar-refractivity contribution is 5.66. The number of ether oxygens (including phenoxy) is 1. The van der Waals surface area contributed by atoms with Gasteiger partial charge in [0.25, 0.3) is 0 Å². The molecule has 2 aliphatic carbocycles. The van der Waals surface area contributed by atoms with Gasteiger partial charge in [-0.15, -0.1) is 6.58 Å². The molecule has 0 saturated heterocycles. The summed E-state index contributed by atoms with van der Waals surface area (Å²) in [6, 6.07) is 7.95. The predicted octanol–water partition coefficient (Wildman–Crippen LogP) is 7.98. The zero-order chi connectivity index (χ0) is 22.7. The third kappa shape index (κ3) is 4.80. The topological polar surface area (TPSA) is 9.23 Å². The minimum Gasteiger partial charge on any atom is -0.378 e. The average Bonchev–Trinajstić information content (AvgIpc) is 2.80. The van der Waals surface area contributed by atoms with Gasteiger partial charge in [0.05, 0.1) is 6.10 Å². The van der Waals surface area contributed by atoms with E-state index in [1.165, 1.54) is 6.07 Å². The standard InChI is InChI=1S/C28H33F3O/c1-3-5-6-18-7-12-24(26(29)15-18)25-14-13-23(27(30)28(25)31)21-9-8-20-17-22(32-4-2)11-10-19(20)16-21/h3,7,12-15,19-22H,1,4-6,8-11,16-17H2,2H3. The Morgan fingerprint density at radius 2 is 1.69 bits per heavy atom. The maximum atomic E-state index is 15.2. The molecule has 2 aromatic carbocycles. The molecule has 0 heterocycles. The summed E-state index contributed by atoms with van der Waals surface area (Å²) < 4.78 is 50.8. The van der Waals surface area contributed by atoms with E-state index in [1.807, 2.05) is 6.92 Å². The number of benzene rings is 2. The zero-order valence-electron chi connectivity index (χ0n) is 18.9. The first kappa shape index (κ1) is 23.1. The maximum absolute atomic E-state index is 15.2. The van der Waals surface area contributed by atoms with E-state index in [1.54, 1.807) is 30.3 Å². The maximum Gasteiger partial charge on any atom is 0.167 e. The van der Waals surface area contributed by atoms with Crippen molar-refractivity contribution in [2.45, 2.75) is 70.3 Å². The smallest absolute Gasteiger partial charge is 0.167 e. The van der Waals surface area contributed by atoms with Crippen LogP contribution in [0.25, 0.3) is 11.1 Å². The number of hydrogen-bond donors (Lipinski definition) is 0. The predicted molar refractivity (Wildman–Crippen MR) is 123 cm³/mol. The summed E-state index contributed by atoms with van der Waals surface area (Å²) in [7, 11) is 0. The third-order valence-corrected chi connectivity index (χ3v) is 7.48. The van der Waals surface area contributed by atoms with Crippen LogP contribution in [0.15, 0.2) is 43.0 Å². The van der Waals surface area contributed by atoms with Crippen molar-refractivity contribution in [2.75, 3.05) is 6.61 Å². The van der Waals surface area contributed by atoms with E-state index in [0.29, 0.717) is 29.9 Å². The van der Waals surface area contributed by atoms with Crippen LogP contribution in [0.3, 0.4) is 0 Å². The van der Waals surface area contributed by atoms with Crippen molar-refractivity contribution in [3.05, 3.63) is 71.6 Å². The lowest BCUT2D eigenvalue weighted by molar-refractivity contribution is -0.00970. The molecule has 4 rings (SSSR count). The molecule has 0 aliphatic heterocycles. The molecule has 0 aromatic heterocycles. The van der Waals surface area contributed by atoms with Crippen LogP contribution in [-0.4, -0.2) is 12.7 Å². The summed E-state index contributed by atoms with van der Waals surface area (Å²) in [6.45, 7) is 6.46. The minimum absolute atomic E-state index is 0.00932. The molecule has 0 radical (unpaired) electrons. The molecule has 2 aliphatic rings. The van der Waals surface area contributed by atoms with Gasteiger partial charge in [-0.3, -0.25) is 0 Å². The molecule has 1 nitrogen and oxygen atoms in total. The van der Waals surface area contributed by atoms with Crippen LogP contribution in [0.2, 0.25) is 0 Å². The van der Waals surface area contributed by atoms with Crippen molar-refractivity contribution in [1.29, 1.82) is 0 Å². The lowest BCUT2D eigenvalue weighted by Crippen LogP contribution is -2.34. The normalized spacial score (nSPS) is 25.4. The molecule has 32 heavy (non-hydrogen) atoms. The number of halogens is 3. The molecule has 2 saturated carbocycles. The van der Waals surface area contributed by atoms with Gasteiger partial charge >= 0.3 is 0 Å². The molecule has 0 bridgehead atoms. The Morgan fingerprint density at radius 1 is 0.938 bits per heavy atom. The highest BCUT2D eigenvalue weighted by Gasteiger charge is 2.37. The lowest BCUT2D eigenvalue weighted by Gasteiger charge is -2.42. The highest BCUT2D eigenvalue weighted by Crippen LogP contribution is 2.47. The fourth-order valence-electron chi connectivity index (χ4n) is 5.80. The molecule has 2 aromatic rings. The van der Waals surface area contributed by atoms with E-state index in [0.717, 1.165) is 57.1 Å². The Balaban J connectivity index is 1.51. The molecule has 0 amide bonds. The summed E-state index contributed by atoms with van der Waals surface area (Å²) >= 11 is 0. The molecule has 2 fully saturated rings. The highest BCUT2D eigenvalue weighted by atomic mass is 19.2. The Morgan fingerprint density at radius 3 is 2.44 bits per heavy atom. The molecular weight excluding hydrogens is 409 g/mol. The fraction of sp³-hybridized carbons (Fsp3) is 0.500. The average molecular weight is 443 g/mol. The Bertz CT molecular complexity index is 954. The van der Waals surface area contributed by atoms with E-state index in [9.17, 15) is 4.39 Å². The first-order valence-electron chi connectivity index (χ1n) is 12.0. The molecule has 172 valence electrons. The quantitative estimate of drug-likeness (QED) is 0.395. The van der Waals surface area contributed by atoms with Crippen LogP contribution >= 0.6 is 0 Å². The molecule has 4 unspecified atom stereocenters. The minimum atomic E-state index is -0.942. The second-order valence-electron chi connectivity index (χ2n) is 9.39. The summed E-state index contributed by atoms with van der Waals surface area (Å²) in [5, 5.41) is 0. The van der Waals surface area contributed by atoms with Crippen molar-refractivity contribution < 1.29 is 17.9 Å². The molecular formula is C28H33F3O. The van der Waals surface area contributed by atoms with Crippen molar-refractivity contribution in [2.24, 2.45) is 11.8 Å². The SMILES string of the molecule is C=CCCc1ccc(-c2ccc(C3CCC4CC(OCC)CCC4C3)c(F)c2F)c(F)c1. The van der Waals surface area contributed by atoms with E-state index >= 15 is 8.78 Å². The first-order valence-corrected chi connectivity index (χ1v) is 12.0. The number of fused-ring (bicyclic) bond motifs is 1. The number of rotatable bonds is 7. The van der Waals surface area contributed by atoms with E-state index in [2.05, 4.69) is 6.58 Å². The van der Waals surface area contributed by atoms with Gasteiger partial charge in [0.1, 0.15) is 5.82 Å². The van der Waals surface area contributed by atoms with Gasteiger partial charge in [-0.05, 0) is 93.2 Å². The van der Waals surface area contributed by atoms with Crippen molar-refractivity contribution in [3.8, 4) is 11.1 Å². The number of allylic oxidation sites excluding steroid dienone is 1. The molecule has 0 spiro atoms. The Labute approximate surface area is 189 Å². The molecule has 0 N–H and O–H groups in total. The van der Waals surface area contributed by atoms with Crippen molar-refractivity contribution in [3.63, 3.8) is 0 Å². The largest absolute Gasteiger partial charge is 0.378 e. The van der Waals surface area contributed by atoms with Crippen LogP contribution in [0, 0.1) is 29.3 Å². The van der Waals surface area contributed by atoms with Gasteiger partial charge in [-0.1, -0.05) is 30.3 Å². The summed E-state index contributed by atoms with van der Waals surface area (Å²) in [6.07, 6.45) is 9.57. The van der Waals surface area contributed by atoms with Gasteiger partial charge < -0.3 is 4.74 Å². The van der Waals surface area contributed by atoms with E-state index < -0.39 is 17.5 Å². The van der Waals surface area contributed by atoms with Gasteiger partial charge in [0.15, 0.2) is 11.6 Å². The monoisotopic (exact) mass is 442 g/mol. The van der Waals surface area contributed by atoms with E-state index in [4.69, 9.17) is 4.74 Å². The molecule has 4 atom stereocenters. The van der Waals surface area contributed by atoms with Crippen LogP contribution in [0.5, 0.6) is 0 Å². The summed E-state index contributed by atoms with van der Waals surface area (Å²) in [5.74, 6) is -1.09. The van der Waals surface area contributed by atoms with E-state index in [-0.39, 0.29) is 17.0 Å². The third-order valence-electron chi connectivity index (χ3n) is 7.48. The van der Waals surface area contributed by atoms with Crippen molar-refractivity contribution >= 4 is 0 Å². The van der Waals surface area contributed by atoms with Crippen LogP contribution in [0.4, 0.5) is 13.2 Å². The number of aryl methyl sites for hydroxylation is 1.